The van der Waals surface area contributed by atoms with Crippen LogP contribution in [0.25, 0.3) is 0 Å². The second-order valence-corrected chi connectivity index (χ2v) is 7.13. The van der Waals surface area contributed by atoms with Gasteiger partial charge in [0.05, 0.1) is 0 Å². The molecule has 1 aromatic rings. The lowest BCUT2D eigenvalue weighted by Gasteiger charge is -2.36. The summed E-state index contributed by atoms with van der Waals surface area (Å²) < 4.78 is 0. The van der Waals surface area contributed by atoms with Gasteiger partial charge < -0.3 is 10.2 Å². The standard InChI is InChI=1S/C18H27N5O2/c1-4-8-18(3)16(24)23(17(25)21-18)14-6-9-22(10-7-14)15-11-13(5-2)19-12-20-15/h11-12,14H,4-10H2,1-3H3,(H,21,25). The minimum atomic E-state index is -0.744. The number of nitrogens with zero attached hydrogens (tertiary/aromatic N) is 4. The Hall–Kier alpha value is -2.18. The molecule has 0 saturated carbocycles. The number of amides is 3. The SMILES string of the molecule is CCCC1(C)NC(=O)N(C2CCN(c3cc(CC)ncn3)CC2)C1=O. The summed E-state index contributed by atoms with van der Waals surface area (Å²) in [4.78, 5) is 37.4. The van der Waals surface area contributed by atoms with Gasteiger partial charge >= 0.3 is 6.03 Å². The fraction of sp³-hybridized carbons (Fsp3) is 0.667. The van der Waals surface area contributed by atoms with Crippen LogP contribution in [0.4, 0.5) is 10.6 Å². The van der Waals surface area contributed by atoms with Gasteiger partial charge in [0.15, 0.2) is 0 Å². The summed E-state index contributed by atoms with van der Waals surface area (Å²) in [6, 6.07) is 1.75. The highest BCUT2D eigenvalue weighted by Crippen LogP contribution is 2.29. The van der Waals surface area contributed by atoms with Gasteiger partial charge in [-0.05, 0) is 32.6 Å². The quantitative estimate of drug-likeness (QED) is 0.827. The molecule has 1 aromatic heterocycles. The molecule has 0 aromatic carbocycles. The van der Waals surface area contributed by atoms with Gasteiger partial charge in [-0.3, -0.25) is 9.69 Å². The zero-order chi connectivity index (χ0) is 18.0. The minimum Gasteiger partial charge on any atom is -0.356 e. The largest absolute Gasteiger partial charge is 0.356 e. The number of aryl methyl sites for hydroxylation is 1. The molecule has 1 N–H and O–H groups in total. The molecule has 3 amide bonds. The van der Waals surface area contributed by atoms with Crippen LogP contribution in [-0.2, 0) is 11.2 Å². The van der Waals surface area contributed by atoms with Crippen molar-refractivity contribution in [2.24, 2.45) is 0 Å². The molecule has 7 nitrogen and oxygen atoms in total. The number of nitrogens with one attached hydrogen (secondary N) is 1. The molecule has 0 bridgehead atoms. The van der Waals surface area contributed by atoms with Gasteiger partial charge in [-0.1, -0.05) is 20.3 Å². The van der Waals surface area contributed by atoms with E-state index < -0.39 is 5.54 Å². The molecule has 0 spiro atoms. The maximum absolute atomic E-state index is 12.8. The summed E-state index contributed by atoms with van der Waals surface area (Å²) in [5, 5.41) is 2.89. The molecule has 7 heteroatoms. The number of imide groups is 1. The van der Waals surface area contributed by atoms with Crippen LogP contribution in [0.2, 0.25) is 0 Å². The molecule has 2 aliphatic heterocycles. The van der Waals surface area contributed by atoms with E-state index in [1.54, 1.807) is 6.33 Å². The zero-order valence-electron chi connectivity index (χ0n) is 15.3. The van der Waals surface area contributed by atoms with Gasteiger partial charge in [0.1, 0.15) is 17.7 Å². The fourth-order valence-corrected chi connectivity index (χ4v) is 3.81. The summed E-state index contributed by atoms with van der Waals surface area (Å²) in [7, 11) is 0. The van der Waals surface area contributed by atoms with Gasteiger partial charge in [0.2, 0.25) is 0 Å². The summed E-state index contributed by atoms with van der Waals surface area (Å²) in [5.41, 5.74) is 0.280. The molecule has 2 saturated heterocycles. The molecular weight excluding hydrogens is 318 g/mol. The smallest absolute Gasteiger partial charge is 0.325 e. The van der Waals surface area contributed by atoms with Crippen molar-refractivity contribution in [1.29, 1.82) is 0 Å². The number of hydrogen-bond acceptors (Lipinski definition) is 5. The van der Waals surface area contributed by atoms with Crippen molar-refractivity contribution in [3.8, 4) is 0 Å². The first-order chi connectivity index (χ1) is 12.0. The molecule has 0 aliphatic carbocycles. The number of carbonyl (C=O) groups excluding carboxylic acids is 2. The predicted octanol–water partition coefficient (Wildman–Crippen LogP) is 2.12. The number of rotatable bonds is 5. The van der Waals surface area contributed by atoms with Crippen LogP contribution in [0.15, 0.2) is 12.4 Å². The van der Waals surface area contributed by atoms with Crippen LogP contribution in [-0.4, -0.2) is 51.5 Å². The van der Waals surface area contributed by atoms with E-state index in [2.05, 4.69) is 27.1 Å². The summed E-state index contributed by atoms with van der Waals surface area (Å²) in [5.74, 6) is 0.853. The number of urea groups is 1. The van der Waals surface area contributed by atoms with Gasteiger partial charge in [0.25, 0.3) is 5.91 Å². The number of hydrogen-bond donors (Lipinski definition) is 1. The van der Waals surface area contributed by atoms with E-state index in [0.717, 1.165) is 50.3 Å². The molecule has 2 fully saturated rings. The Morgan fingerprint density at radius 3 is 2.60 bits per heavy atom. The first kappa shape index (κ1) is 17.6. The lowest BCUT2D eigenvalue weighted by atomic mass is 9.95. The monoisotopic (exact) mass is 345 g/mol. The van der Waals surface area contributed by atoms with Crippen molar-refractivity contribution in [2.45, 2.75) is 64.5 Å². The zero-order valence-corrected chi connectivity index (χ0v) is 15.3. The Bertz CT molecular complexity index is 657. The molecule has 136 valence electrons. The van der Waals surface area contributed by atoms with Crippen LogP contribution in [0, 0.1) is 0 Å². The van der Waals surface area contributed by atoms with E-state index >= 15 is 0 Å². The number of carbonyl (C=O) groups is 2. The van der Waals surface area contributed by atoms with E-state index in [-0.39, 0.29) is 18.0 Å². The van der Waals surface area contributed by atoms with E-state index in [9.17, 15) is 9.59 Å². The number of aromatic nitrogens is 2. The van der Waals surface area contributed by atoms with E-state index in [0.29, 0.717) is 6.42 Å². The van der Waals surface area contributed by atoms with Crippen molar-refractivity contribution < 1.29 is 9.59 Å². The maximum atomic E-state index is 12.8. The van der Waals surface area contributed by atoms with Crippen LogP contribution >= 0.6 is 0 Å². The molecule has 25 heavy (non-hydrogen) atoms. The Labute approximate surface area is 148 Å². The lowest BCUT2D eigenvalue weighted by molar-refractivity contribution is -0.132. The van der Waals surface area contributed by atoms with Gasteiger partial charge in [-0.25, -0.2) is 14.8 Å². The Balaban J connectivity index is 1.66. The second-order valence-electron chi connectivity index (χ2n) is 7.13. The van der Waals surface area contributed by atoms with Gasteiger partial charge in [0, 0.05) is 30.9 Å². The highest BCUT2D eigenvalue weighted by atomic mass is 16.2. The molecule has 3 rings (SSSR count). The average Bonchev–Trinajstić information content (AvgIpc) is 2.84. The fourth-order valence-electron chi connectivity index (χ4n) is 3.81. The summed E-state index contributed by atoms with van der Waals surface area (Å²) in [6.45, 7) is 7.50. The van der Waals surface area contributed by atoms with Crippen LogP contribution < -0.4 is 10.2 Å². The number of piperidine rings is 1. The van der Waals surface area contributed by atoms with Crippen molar-refractivity contribution in [3.63, 3.8) is 0 Å². The maximum Gasteiger partial charge on any atom is 0.325 e. The highest BCUT2D eigenvalue weighted by Gasteiger charge is 2.49. The van der Waals surface area contributed by atoms with E-state index in [1.807, 2.05) is 19.9 Å². The first-order valence-electron chi connectivity index (χ1n) is 9.20. The summed E-state index contributed by atoms with van der Waals surface area (Å²) >= 11 is 0. The molecule has 0 radical (unpaired) electrons. The van der Waals surface area contributed by atoms with Gasteiger partial charge in [-0.2, -0.15) is 0 Å². The third kappa shape index (κ3) is 3.32. The third-order valence-electron chi connectivity index (χ3n) is 5.27. The number of anilines is 1. The molecule has 1 atom stereocenters. The second kappa shape index (κ2) is 6.98. The third-order valence-corrected chi connectivity index (χ3v) is 5.27. The average molecular weight is 345 g/mol. The Morgan fingerprint density at radius 2 is 1.96 bits per heavy atom. The van der Waals surface area contributed by atoms with Crippen LogP contribution in [0.5, 0.6) is 0 Å². The van der Waals surface area contributed by atoms with E-state index in [4.69, 9.17) is 0 Å². The van der Waals surface area contributed by atoms with Crippen molar-refractivity contribution >= 4 is 17.8 Å². The molecule has 1 unspecified atom stereocenters. The predicted molar refractivity (Wildman–Crippen MR) is 95.3 cm³/mol. The Morgan fingerprint density at radius 1 is 1.24 bits per heavy atom. The van der Waals surface area contributed by atoms with Crippen molar-refractivity contribution in [1.82, 2.24) is 20.2 Å². The topological polar surface area (TPSA) is 78.4 Å². The first-order valence-corrected chi connectivity index (χ1v) is 9.20. The van der Waals surface area contributed by atoms with Crippen LogP contribution in [0.1, 0.15) is 52.1 Å². The molecular formula is C18H27N5O2. The van der Waals surface area contributed by atoms with Crippen molar-refractivity contribution in [3.05, 3.63) is 18.1 Å². The minimum absolute atomic E-state index is 0.0325. The van der Waals surface area contributed by atoms with Gasteiger partial charge in [-0.15, -0.1) is 0 Å². The van der Waals surface area contributed by atoms with Crippen LogP contribution in [0.3, 0.4) is 0 Å². The normalized spacial score (nSPS) is 24.8. The lowest BCUT2D eigenvalue weighted by Crippen LogP contribution is -2.49. The highest BCUT2D eigenvalue weighted by molar-refractivity contribution is 6.07. The van der Waals surface area contributed by atoms with E-state index in [1.165, 1.54) is 4.90 Å². The molecule has 2 aliphatic rings. The molecule has 3 heterocycles. The summed E-state index contributed by atoms with van der Waals surface area (Å²) in [6.07, 6.45) is 5.56. The Kier molecular flexibility index (Phi) is 4.92. The van der Waals surface area contributed by atoms with Crippen molar-refractivity contribution in [2.75, 3.05) is 18.0 Å².